The molecular formula is C15H19BrN2O2. The number of benzene rings is 1. The Labute approximate surface area is 127 Å². The van der Waals surface area contributed by atoms with E-state index in [9.17, 15) is 9.90 Å². The maximum atomic E-state index is 11.6. The third-order valence-corrected chi connectivity index (χ3v) is 4.64. The molecule has 108 valence electrons. The maximum Gasteiger partial charge on any atom is 0.257 e. The number of rotatable bonds is 4. The molecule has 2 N–H and O–H groups in total. The SMILES string of the molecule is CC(C)N(CC1CC1)c1cc2c(cc1Br)C(O)C(=O)N2. The lowest BCUT2D eigenvalue weighted by Gasteiger charge is -2.30. The van der Waals surface area contributed by atoms with Gasteiger partial charge in [-0.1, -0.05) is 0 Å². The molecular weight excluding hydrogens is 320 g/mol. The Kier molecular flexibility index (Phi) is 3.50. The zero-order valence-electron chi connectivity index (χ0n) is 11.7. The molecule has 2 aliphatic rings. The van der Waals surface area contributed by atoms with E-state index in [1.54, 1.807) is 0 Å². The lowest BCUT2D eigenvalue weighted by atomic mass is 10.1. The number of carbonyl (C=O) groups excluding carboxylic acids is 1. The molecule has 1 aliphatic heterocycles. The van der Waals surface area contributed by atoms with E-state index in [1.807, 2.05) is 12.1 Å². The summed E-state index contributed by atoms with van der Waals surface area (Å²) in [5, 5.41) is 12.6. The molecule has 0 bridgehead atoms. The summed E-state index contributed by atoms with van der Waals surface area (Å²) in [6.45, 7) is 5.40. The van der Waals surface area contributed by atoms with Crippen LogP contribution >= 0.6 is 15.9 Å². The summed E-state index contributed by atoms with van der Waals surface area (Å²) in [4.78, 5) is 13.9. The molecule has 1 heterocycles. The first-order chi connectivity index (χ1) is 9.47. The maximum absolute atomic E-state index is 11.6. The van der Waals surface area contributed by atoms with Gasteiger partial charge in [-0.3, -0.25) is 4.79 Å². The minimum absolute atomic E-state index is 0.345. The van der Waals surface area contributed by atoms with E-state index >= 15 is 0 Å². The van der Waals surface area contributed by atoms with Crippen molar-refractivity contribution in [1.82, 2.24) is 0 Å². The van der Waals surface area contributed by atoms with Crippen molar-refractivity contribution in [2.24, 2.45) is 5.92 Å². The molecule has 1 aliphatic carbocycles. The van der Waals surface area contributed by atoms with Crippen molar-refractivity contribution in [1.29, 1.82) is 0 Å². The number of hydrogen-bond donors (Lipinski definition) is 2. The van der Waals surface area contributed by atoms with Gasteiger partial charge >= 0.3 is 0 Å². The zero-order chi connectivity index (χ0) is 14.4. The topological polar surface area (TPSA) is 52.6 Å². The van der Waals surface area contributed by atoms with Gasteiger partial charge in [-0.05, 0) is 60.7 Å². The fourth-order valence-electron chi connectivity index (χ4n) is 2.64. The quantitative estimate of drug-likeness (QED) is 0.887. The van der Waals surface area contributed by atoms with E-state index in [-0.39, 0.29) is 5.91 Å². The standard InChI is InChI=1S/C15H19BrN2O2/c1-8(2)18(7-9-3-4-9)13-6-12-10(5-11(13)16)14(19)15(20)17-12/h5-6,8-9,14,19H,3-4,7H2,1-2H3,(H,17,20). The van der Waals surface area contributed by atoms with E-state index in [0.29, 0.717) is 11.6 Å². The predicted octanol–water partition coefficient (Wildman–Crippen LogP) is 3.06. The summed E-state index contributed by atoms with van der Waals surface area (Å²) in [5.74, 6) is 0.445. The van der Waals surface area contributed by atoms with Crippen LogP contribution in [-0.2, 0) is 4.79 Å². The molecule has 5 heteroatoms. The monoisotopic (exact) mass is 338 g/mol. The average molecular weight is 339 g/mol. The Balaban J connectivity index is 1.96. The highest BCUT2D eigenvalue weighted by atomic mass is 79.9. The predicted molar refractivity (Wildman–Crippen MR) is 82.9 cm³/mol. The van der Waals surface area contributed by atoms with E-state index in [2.05, 4.69) is 40.0 Å². The van der Waals surface area contributed by atoms with Gasteiger partial charge in [0.05, 0.1) is 5.69 Å². The Morgan fingerprint density at radius 2 is 2.15 bits per heavy atom. The van der Waals surface area contributed by atoms with E-state index in [1.165, 1.54) is 12.8 Å². The second kappa shape index (κ2) is 5.04. The Morgan fingerprint density at radius 3 is 2.75 bits per heavy atom. The molecule has 1 fully saturated rings. The van der Waals surface area contributed by atoms with Crippen LogP contribution in [0.3, 0.4) is 0 Å². The molecule has 20 heavy (non-hydrogen) atoms. The number of nitrogens with zero attached hydrogens (tertiary/aromatic N) is 1. The third kappa shape index (κ3) is 2.44. The third-order valence-electron chi connectivity index (χ3n) is 4.00. The number of aliphatic hydroxyl groups excluding tert-OH is 1. The lowest BCUT2D eigenvalue weighted by molar-refractivity contribution is -0.123. The zero-order valence-corrected chi connectivity index (χ0v) is 13.3. The first-order valence-corrected chi connectivity index (χ1v) is 7.85. The summed E-state index contributed by atoms with van der Waals surface area (Å²) in [5.41, 5.74) is 2.46. The van der Waals surface area contributed by atoms with Gasteiger partial charge in [0.2, 0.25) is 0 Å². The summed E-state index contributed by atoms with van der Waals surface area (Å²) in [6.07, 6.45) is 1.56. The fourth-order valence-corrected chi connectivity index (χ4v) is 3.23. The van der Waals surface area contributed by atoms with Crippen LogP contribution in [0.15, 0.2) is 16.6 Å². The molecule has 4 nitrogen and oxygen atoms in total. The Morgan fingerprint density at radius 1 is 1.45 bits per heavy atom. The number of hydrogen-bond acceptors (Lipinski definition) is 3. The molecule has 1 amide bonds. The summed E-state index contributed by atoms with van der Waals surface area (Å²) >= 11 is 3.58. The van der Waals surface area contributed by atoms with Crippen molar-refractivity contribution < 1.29 is 9.90 Å². The highest BCUT2D eigenvalue weighted by Gasteiger charge is 2.32. The van der Waals surface area contributed by atoms with Gasteiger partial charge in [-0.25, -0.2) is 0 Å². The van der Waals surface area contributed by atoms with Crippen LogP contribution in [0.2, 0.25) is 0 Å². The van der Waals surface area contributed by atoms with Crippen LogP contribution in [-0.4, -0.2) is 23.6 Å². The smallest absolute Gasteiger partial charge is 0.257 e. The molecule has 1 atom stereocenters. The van der Waals surface area contributed by atoms with Crippen LogP contribution in [0.1, 0.15) is 38.4 Å². The van der Waals surface area contributed by atoms with E-state index < -0.39 is 6.10 Å². The van der Waals surface area contributed by atoms with Crippen molar-refractivity contribution in [3.8, 4) is 0 Å². The highest BCUT2D eigenvalue weighted by Crippen LogP contribution is 2.41. The number of halogens is 1. The molecule has 1 unspecified atom stereocenters. The summed E-state index contributed by atoms with van der Waals surface area (Å²) in [6, 6.07) is 4.22. The van der Waals surface area contributed by atoms with E-state index in [4.69, 9.17) is 0 Å². The first kappa shape index (κ1) is 13.9. The number of anilines is 2. The van der Waals surface area contributed by atoms with Crippen molar-refractivity contribution >= 4 is 33.2 Å². The molecule has 0 spiro atoms. The largest absolute Gasteiger partial charge is 0.378 e. The second-order valence-corrected chi connectivity index (χ2v) is 6.83. The normalized spacial score (nSPS) is 21.1. The van der Waals surface area contributed by atoms with Gasteiger partial charge in [-0.15, -0.1) is 0 Å². The van der Waals surface area contributed by atoms with Crippen LogP contribution in [0, 0.1) is 5.92 Å². The van der Waals surface area contributed by atoms with Gasteiger partial charge in [-0.2, -0.15) is 0 Å². The van der Waals surface area contributed by atoms with Gasteiger partial charge in [0, 0.05) is 28.3 Å². The molecule has 0 saturated heterocycles. The van der Waals surface area contributed by atoms with Crippen LogP contribution in [0.4, 0.5) is 11.4 Å². The van der Waals surface area contributed by atoms with Gasteiger partial charge < -0.3 is 15.3 Å². The fraction of sp³-hybridized carbons (Fsp3) is 0.533. The summed E-state index contributed by atoms with van der Waals surface area (Å²) in [7, 11) is 0. The molecule has 1 saturated carbocycles. The Bertz CT molecular complexity index is 555. The van der Waals surface area contributed by atoms with Crippen LogP contribution in [0.25, 0.3) is 0 Å². The van der Waals surface area contributed by atoms with Crippen molar-refractivity contribution in [3.05, 3.63) is 22.2 Å². The number of nitrogens with one attached hydrogen (secondary N) is 1. The van der Waals surface area contributed by atoms with E-state index in [0.717, 1.165) is 28.3 Å². The second-order valence-electron chi connectivity index (χ2n) is 5.97. The molecule has 1 aromatic carbocycles. The molecule has 0 aromatic heterocycles. The van der Waals surface area contributed by atoms with Gasteiger partial charge in [0.1, 0.15) is 0 Å². The summed E-state index contributed by atoms with van der Waals surface area (Å²) < 4.78 is 0.932. The van der Waals surface area contributed by atoms with Crippen molar-refractivity contribution in [2.75, 3.05) is 16.8 Å². The molecule has 3 rings (SSSR count). The Hall–Kier alpha value is -1.07. The highest BCUT2D eigenvalue weighted by molar-refractivity contribution is 9.10. The molecule has 1 aromatic rings. The van der Waals surface area contributed by atoms with Crippen LogP contribution in [0.5, 0.6) is 0 Å². The number of amides is 1. The first-order valence-electron chi connectivity index (χ1n) is 7.06. The molecule has 0 radical (unpaired) electrons. The van der Waals surface area contributed by atoms with Gasteiger partial charge in [0.15, 0.2) is 6.10 Å². The van der Waals surface area contributed by atoms with Crippen molar-refractivity contribution in [2.45, 2.75) is 38.8 Å². The number of fused-ring (bicyclic) bond motifs is 1. The lowest BCUT2D eigenvalue weighted by Crippen LogP contribution is -2.33. The number of aliphatic hydroxyl groups is 1. The minimum Gasteiger partial charge on any atom is -0.378 e. The van der Waals surface area contributed by atoms with Crippen LogP contribution < -0.4 is 10.2 Å². The van der Waals surface area contributed by atoms with Gasteiger partial charge in [0.25, 0.3) is 5.91 Å². The number of carbonyl (C=O) groups is 1. The average Bonchev–Trinajstić information content (AvgIpc) is 3.16. The van der Waals surface area contributed by atoms with Crippen molar-refractivity contribution in [3.63, 3.8) is 0 Å². The minimum atomic E-state index is -1.05.